The van der Waals surface area contributed by atoms with E-state index in [4.69, 9.17) is 0 Å². The largest absolute Gasteiger partial charge is 0.356 e. The summed E-state index contributed by atoms with van der Waals surface area (Å²) in [5.41, 5.74) is 0.532. The Morgan fingerprint density at radius 2 is 2.15 bits per heavy atom. The molecule has 2 fully saturated rings. The number of hydrogen-bond acceptors (Lipinski definition) is 2. The molecular weight excluding hydrogens is 164 g/mol. The molecule has 1 saturated heterocycles. The summed E-state index contributed by atoms with van der Waals surface area (Å²) in [6.45, 7) is 5.14. The van der Waals surface area contributed by atoms with Crippen LogP contribution in [0, 0.1) is 11.3 Å². The quantitative estimate of drug-likeness (QED) is 0.673. The fraction of sp³-hybridized carbons (Fsp3) is 0.900. The van der Waals surface area contributed by atoms with E-state index in [0.717, 1.165) is 19.4 Å². The second-order valence-electron chi connectivity index (χ2n) is 4.67. The van der Waals surface area contributed by atoms with Gasteiger partial charge in [-0.3, -0.25) is 4.79 Å². The van der Waals surface area contributed by atoms with Crippen LogP contribution in [0.3, 0.4) is 0 Å². The van der Waals surface area contributed by atoms with Gasteiger partial charge in [-0.05, 0) is 32.2 Å². The Balaban J connectivity index is 1.75. The summed E-state index contributed by atoms with van der Waals surface area (Å²) < 4.78 is 0. The molecule has 0 aromatic rings. The van der Waals surface area contributed by atoms with Crippen LogP contribution in [0.25, 0.3) is 0 Å². The number of hydrogen-bond donors (Lipinski definition) is 1. The molecule has 3 heteroatoms. The minimum Gasteiger partial charge on any atom is -0.356 e. The average Bonchev–Trinajstić information content (AvgIpc) is 1.94. The van der Waals surface area contributed by atoms with Crippen LogP contribution in [0.2, 0.25) is 0 Å². The van der Waals surface area contributed by atoms with Crippen LogP contribution in [-0.4, -0.2) is 37.5 Å². The topological polar surface area (TPSA) is 32.3 Å². The third kappa shape index (κ3) is 1.46. The highest BCUT2D eigenvalue weighted by Crippen LogP contribution is 2.51. The van der Waals surface area contributed by atoms with Crippen LogP contribution in [0.1, 0.15) is 19.8 Å². The van der Waals surface area contributed by atoms with Crippen molar-refractivity contribution in [3.63, 3.8) is 0 Å². The highest BCUT2D eigenvalue weighted by Gasteiger charge is 2.52. The van der Waals surface area contributed by atoms with Gasteiger partial charge >= 0.3 is 0 Å². The van der Waals surface area contributed by atoms with Gasteiger partial charge < -0.3 is 10.2 Å². The smallest absolute Gasteiger partial charge is 0.223 e. The molecule has 2 aliphatic rings. The van der Waals surface area contributed by atoms with Crippen molar-refractivity contribution in [3.8, 4) is 0 Å². The van der Waals surface area contributed by atoms with Gasteiger partial charge in [0.05, 0.1) is 0 Å². The number of carbonyl (C=O) groups is 1. The molecule has 3 nitrogen and oxygen atoms in total. The fourth-order valence-electron chi connectivity index (χ4n) is 2.85. The molecule has 0 atom stereocenters. The molecule has 0 aromatic carbocycles. The van der Waals surface area contributed by atoms with Crippen LogP contribution in [-0.2, 0) is 4.79 Å². The van der Waals surface area contributed by atoms with Crippen molar-refractivity contribution >= 4 is 5.91 Å². The van der Waals surface area contributed by atoms with Crippen molar-refractivity contribution in [2.24, 2.45) is 11.3 Å². The van der Waals surface area contributed by atoms with Gasteiger partial charge in [0.15, 0.2) is 0 Å². The Morgan fingerprint density at radius 1 is 1.54 bits per heavy atom. The lowest BCUT2D eigenvalue weighted by atomic mass is 9.57. The van der Waals surface area contributed by atoms with E-state index in [1.807, 2.05) is 6.92 Å². The summed E-state index contributed by atoms with van der Waals surface area (Å²) in [6, 6.07) is 0. The second kappa shape index (κ2) is 2.98. The van der Waals surface area contributed by atoms with E-state index in [1.165, 1.54) is 13.1 Å². The van der Waals surface area contributed by atoms with E-state index in [2.05, 4.69) is 17.3 Å². The number of nitrogens with one attached hydrogen (secondary N) is 1. The Kier molecular flexibility index (Phi) is 2.06. The van der Waals surface area contributed by atoms with Gasteiger partial charge in [0.25, 0.3) is 0 Å². The van der Waals surface area contributed by atoms with E-state index in [1.54, 1.807) is 0 Å². The van der Waals surface area contributed by atoms with Gasteiger partial charge in [0, 0.05) is 25.6 Å². The SMILES string of the molecule is CCNC(=O)C1CC2(C1)CN(C)C2. The predicted octanol–water partition coefficient (Wildman–Crippen LogP) is 0.464. The summed E-state index contributed by atoms with van der Waals surface area (Å²) in [6.07, 6.45) is 2.23. The second-order valence-corrected chi connectivity index (χ2v) is 4.67. The average molecular weight is 182 g/mol. The number of nitrogens with zero attached hydrogens (tertiary/aromatic N) is 1. The highest BCUT2D eigenvalue weighted by molar-refractivity contribution is 5.79. The molecule has 1 heterocycles. The molecule has 0 radical (unpaired) electrons. The fourth-order valence-corrected chi connectivity index (χ4v) is 2.85. The molecule has 1 amide bonds. The molecule has 2 rings (SSSR count). The van der Waals surface area contributed by atoms with Gasteiger partial charge in [0.2, 0.25) is 5.91 Å². The molecule has 0 bridgehead atoms. The number of carbonyl (C=O) groups excluding carboxylic acids is 1. The monoisotopic (exact) mass is 182 g/mol. The summed E-state index contributed by atoms with van der Waals surface area (Å²) in [7, 11) is 2.14. The van der Waals surface area contributed by atoms with E-state index < -0.39 is 0 Å². The van der Waals surface area contributed by atoms with Gasteiger partial charge in [-0.2, -0.15) is 0 Å². The third-order valence-electron chi connectivity index (χ3n) is 3.29. The van der Waals surface area contributed by atoms with Crippen molar-refractivity contribution in [1.82, 2.24) is 10.2 Å². The lowest BCUT2D eigenvalue weighted by Crippen LogP contribution is -2.62. The molecule has 1 saturated carbocycles. The standard InChI is InChI=1S/C10H18N2O/c1-3-11-9(13)8-4-10(5-8)6-12(2)7-10/h8H,3-7H2,1-2H3,(H,11,13). The zero-order valence-electron chi connectivity index (χ0n) is 8.47. The first-order chi connectivity index (χ1) is 6.15. The Hall–Kier alpha value is -0.570. The van der Waals surface area contributed by atoms with Gasteiger partial charge in [-0.1, -0.05) is 0 Å². The van der Waals surface area contributed by atoms with Crippen molar-refractivity contribution in [3.05, 3.63) is 0 Å². The van der Waals surface area contributed by atoms with Crippen LogP contribution >= 0.6 is 0 Å². The lowest BCUT2D eigenvalue weighted by molar-refractivity contribution is -0.142. The maximum absolute atomic E-state index is 11.4. The first-order valence-corrected chi connectivity index (χ1v) is 5.11. The molecule has 1 aliphatic carbocycles. The van der Waals surface area contributed by atoms with E-state index in [9.17, 15) is 4.79 Å². The predicted molar refractivity (Wildman–Crippen MR) is 51.3 cm³/mol. The summed E-state index contributed by atoms with van der Waals surface area (Å²) in [5, 5.41) is 2.89. The maximum Gasteiger partial charge on any atom is 0.223 e. The van der Waals surface area contributed by atoms with Crippen molar-refractivity contribution in [2.75, 3.05) is 26.7 Å². The van der Waals surface area contributed by atoms with E-state index in [-0.39, 0.29) is 5.91 Å². The molecule has 13 heavy (non-hydrogen) atoms. The minimum absolute atomic E-state index is 0.266. The zero-order valence-corrected chi connectivity index (χ0v) is 8.47. The Labute approximate surface area is 79.5 Å². The first kappa shape index (κ1) is 9.00. The molecule has 1 aliphatic heterocycles. The summed E-state index contributed by atoms with van der Waals surface area (Å²) >= 11 is 0. The van der Waals surface area contributed by atoms with Crippen molar-refractivity contribution in [2.45, 2.75) is 19.8 Å². The van der Waals surface area contributed by atoms with Gasteiger partial charge in [0.1, 0.15) is 0 Å². The first-order valence-electron chi connectivity index (χ1n) is 5.11. The van der Waals surface area contributed by atoms with E-state index >= 15 is 0 Å². The highest BCUT2D eigenvalue weighted by atomic mass is 16.1. The van der Waals surface area contributed by atoms with E-state index in [0.29, 0.717) is 11.3 Å². The number of likely N-dealkylation sites (tertiary alicyclic amines) is 1. The molecule has 1 spiro atoms. The van der Waals surface area contributed by atoms with Crippen LogP contribution in [0.5, 0.6) is 0 Å². The van der Waals surface area contributed by atoms with Crippen LogP contribution in [0.15, 0.2) is 0 Å². The van der Waals surface area contributed by atoms with Gasteiger partial charge in [-0.15, -0.1) is 0 Å². The number of rotatable bonds is 2. The summed E-state index contributed by atoms with van der Waals surface area (Å²) in [4.78, 5) is 13.7. The zero-order chi connectivity index (χ0) is 9.47. The van der Waals surface area contributed by atoms with Crippen LogP contribution in [0.4, 0.5) is 0 Å². The normalized spacial score (nSPS) is 26.6. The van der Waals surface area contributed by atoms with Crippen molar-refractivity contribution < 1.29 is 4.79 Å². The molecule has 0 aromatic heterocycles. The Morgan fingerprint density at radius 3 is 2.62 bits per heavy atom. The van der Waals surface area contributed by atoms with Gasteiger partial charge in [-0.25, -0.2) is 0 Å². The van der Waals surface area contributed by atoms with Crippen LogP contribution < -0.4 is 5.32 Å². The summed E-state index contributed by atoms with van der Waals surface area (Å²) in [5.74, 6) is 0.580. The molecule has 74 valence electrons. The maximum atomic E-state index is 11.4. The van der Waals surface area contributed by atoms with Crippen molar-refractivity contribution in [1.29, 1.82) is 0 Å². The lowest BCUT2D eigenvalue weighted by Gasteiger charge is -2.57. The number of amides is 1. The molecular formula is C10H18N2O. The molecule has 1 N–H and O–H groups in total. The Bertz CT molecular complexity index is 213. The third-order valence-corrected chi connectivity index (χ3v) is 3.29. The molecule has 0 unspecified atom stereocenters. The minimum atomic E-state index is 0.266.